The van der Waals surface area contributed by atoms with Crippen LogP contribution in [0.5, 0.6) is 5.75 Å². The van der Waals surface area contributed by atoms with Crippen molar-refractivity contribution in [3.63, 3.8) is 0 Å². The van der Waals surface area contributed by atoms with E-state index in [0.717, 1.165) is 9.37 Å². The van der Waals surface area contributed by atoms with Gasteiger partial charge in [-0.15, -0.1) is 11.8 Å². The average Bonchev–Trinajstić information content (AvgIpc) is 2.47. The van der Waals surface area contributed by atoms with Crippen molar-refractivity contribution in [2.24, 2.45) is 0 Å². The summed E-state index contributed by atoms with van der Waals surface area (Å²) in [5, 5.41) is 3.35. The molecule has 2 aromatic rings. The van der Waals surface area contributed by atoms with Gasteiger partial charge in [-0.3, -0.25) is 4.79 Å². The summed E-state index contributed by atoms with van der Waals surface area (Å²) in [4.78, 5) is 13.0. The van der Waals surface area contributed by atoms with Crippen molar-refractivity contribution in [2.75, 3.05) is 18.2 Å². The molecule has 0 atom stereocenters. The Morgan fingerprint density at radius 1 is 1.33 bits per heavy atom. The van der Waals surface area contributed by atoms with E-state index in [1.54, 1.807) is 25.3 Å². The molecule has 0 spiro atoms. The zero-order valence-corrected chi connectivity index (χ0v) is 14.4. The fourth-order valence-electron chi connectivity index (χ4n) is 1.67. The summed E-state index contributed by atoms with van der Waals surface area (Å²) in [6.07, 6.45) is 0. The molecule has 0 aliphatic carbocycles. The van der Waals surface area contributed by atoms with Crippen molar-refractivity contribution in [1.29, 1.82) is 0 Å². The van der Waals surface area contributed by atoms with E-state index >= 15 is 0 Å². The van der Waals surface area contributed by atoms with Gasteiger partial charge < -0.3 is 10.1 Å². The number of rotatable bonds is 5. The lowest BCUT2D eigenvalue weighted by atomic mass is 10.3. The molecule has 2 aromatic carbocycles. The van der Waals surface area contributed by atoms with Crippen LogP contribution < -0.4 is 10.1 Å². The van der Waals surface area contributed by atoms with Crippen LogP contribution in [-0.2, 0) is 4.79 Å². The predicted octanol–water partition coefficient (Wildman–Crippen LogP) is 4.84. The Balaban J connectivity index is 1.99. The van der Waals surface area contributed by atoms with E-state index in [9.17, 15) is 4.79 Å². The molecule has 0 saturated heterocycles. The lowest BCUT2D eigenvalue weighted by molar-refractivity contribution is -0.113. The molecule has 0 radical (unpaired) electrons. The second-order valence-corrected chi connectivity index (χ2v) is 6.42. The number of hydrogen-bond acceptors (Lipinski definition) is 3. The SMILES string of the molecule is COc1ccc(Cl)cc1NC(=O)CSc1ccccc1Br. The van der Waals surface area contributed by atoms with Crippen LogP contribution in [0.25, 0.3) is 0 Å². The number of amides is 1. The third-order valence-electron chi connectivity index (χ3n) is 2.63. The van der Waals surface area contributed by atoms with Gasteiger partial charge in [-0.05, 0) is 46.3 Å². The molecule has 0 aromatic heterocycles. The van der Waals surface area contributed by atoms with Gasteiger partial charge in [-0.1, -0.05) is 23.7 Å². The summed E-state index contributed by atoms with van der Waals surface area (Å²) in [7, 11) is 1.55. The smallest absolute Gasteiger partial charge is 0.234 e. The minimum Gasteiger partial charge on any atom is -0.495 e. The quantitative estimate of drug-likeness (QED) is 0.747. The van der Waals surface area contributed by atoms with Crippen LogP contribution in [0.2, 0.25) is 5.02 Å². The second kappa shape index (κ2) is 7.73. The van der Waals surface area contributed by atoms with Gasteiger partial charge in [0.2, 0.25) is 5.91 Å². The van der Waals surface area contributed by atoms with Crippen LogP contribution >= 0.6 is 39.3 Å². The minimum atomic E-state index is -0.115. The van der Waals surface area contributed by atoms with Gasteiger partial charge in [-0.25, -0.2) is 0 Å². The number of thioether (sulfide) groups is 1. The van der Waals surface area contributed by atoms with E-state index in [1.165, 1.54) is 11.8 Å². The summed E-state index contributed by atoms with van der Waals surface area (Å²) in [6, 6.07) is 12.9. The highest BCUT2D eigenvalue weighted by Crippen LogP contribution is 2.29. The lowest BCUT2D eigenvalue weighted by Crippen LogP contribution is -2.14. The lowest BCUT2D eigenvalue weighted by Gasteiger charge is -2.10. The Morgan fingerprint density at radius 3 is 2.81 bits per heavy atom. The summed E-state index contributed by atoms with van der Waals surface area (Å²) >= 11 is 10.8. The standard InChI is InChI=1S/C15H13BrClNO2S/c1-20-13-7-6-10(17)8-12(13)18-15(19)9-21-14-5-3-2-4-11(14)16/h2-8H,9H2,1H3,(H,18,19). The van der Waals surface area contributed by atoms with Crippen molar-refractivity contribution >= 4 is 50.9 Å². The first-order valence-corrected chi connectivity index (χ1v) is 8.26. The first-order valence-electron chi connectivity index (χ1n) is 6.11. The molecule has 0 fully saturated rings. The molecule has 21 heavy (non-hydrogen) atoms. The molecule has 6 heteroatoms. The summed E-state index contributed by atoms with van der Waals surface area (Å²) < 4.78 is 6.17. The Labute approximate surface area is 141 Å². The maximum absolute atomic E-state index is 12.0. The number of benzene rings is 2. The highest BCUT2D eigenvalue weighted by molar-refractivity contribution is 9.10. The monoisotopic (exact) mass is 385 g/mol. The summed E-state index contributed by atoms with van der Waals surface area (Å²) in [5.41, 5.74) is 0.572. The van der Waals surface area contributed by atoms with Crippen LogP contribution in [0.1, 0.15) is 0 Å². The molecule has 2 rings (SSSR count). The molecule has 0 aliphatic heterocycles. The summed E-state index contributed by atoms with van der Waals surface area (Å²) in [6.45, 7) is 0. The van der Waals surface area contributed by atoms with Crippen LogP contribution in [0, 0.1) is 0 Å². The molecule has 0 unspecified atom stereocenters. The molecule has 0 saturated carbocycles. The molecule has 3 nitrogen and oxygen atoms in total. The third-order valence-corrected chi connectivity index (χ3v) is 4.89. The molecule has 0 heterocycles. The van der Waals surface area contributed by atoms with Gasteiger partial charge in [0.15, 0.2) is 0 Å². The number of nitrogens with one attached hydrogen (secondary N) is 1. The Bertz CT molecular complexity index is 651. The second-order valence-electron chi connectivity index (χ2n) is 4.11. The van der Waals surface area contributed by atoms with Gasteiger partial charge in [0.05, 0.1) is 18.6 Å². The fourth-order valence-corrected chi connectivity index (χ4v) is 3.21. The number of ether oxygens (including phenoxy) is 1. The number of methoxy groups -OCH3 is 1. The van der Waals surface area contributed by atoms with Crippen molar-refractivity contribution in [2.45, 2.75) is 4.90 Å². The van der Waals surface area contributed by atoms with E-state index in [2.05, 4.69) is 21.2 Å². The Hall–Kier alpha value is -1.17. The number of halogens is 2. The topological polar surface area (TPSA) is 38.3 Å². The van der Waals surface area contributed by atoms with Crippen LogP contribution in [0.3, 0.4) is 0 Å². The number of hydrogen-bond donors (Lipinski definition) is 1. The first-order chi connectivity index (χ1) is 10.1. The van der Waals surface area contributed by atoms with E-state index < -0.39 is 0 Å². The van der Waals surface area contributed by atoms with Crippen molar-refractivity contribution < 1.29 is 9.53 Å². The summed E-state index contributed by atoms with van der Waals surface area (Å²) in [5.74, 6) is 0.771. The van der Waals surface area contributed by atoms with E-state index in [0.29, 0.717) is 22.2 Å². The van der Waals surface area contributed by atoms with Gasteiger partial charge in [-0.2, -0.15) is 0 Å². The maximum Gasteiger partial charge on any atom is 0.234 e. The van der Waals surface area contributed by atoms with Crippen molar-refractivity contribution in [1.82, 2.24) is 0 Å². The molecular weight excluding hydrogens is 374 g/mol. The first kappa shape index (κ1) is 16.2. The van der Waals surface area contributed by atoms with Gasteiger partial charge in [0, 0.05) is 14.4 Å². The van der Waals surface area contributed by atoms with Crippen LogP contribution in [0.15, 0.2) is 51.8 Å². The normalized spacial score (nSPS) is 10.2. The molecule has 0 bridgehead atoms. The van der Waals surface area contributed by atoms with E-state index in [1.807, 2.05) is 24.3 Å². The molecule has 1 N–H and O–H groups in total. The fraction of sp³-hybridized carbons (Fsp3) is 0.133. The molecule has 110 valence electrons. The van der Waals surface area contributed by atoms with Gasteiger partial charge in [0.1, 0.15) is 5.75 Å². The van der Waals surface area contributed by atoms with E-state index in [-0.39, 0.29) is 5.91 Å². The number of carbonyl (C=O) groups is 1. The zero-order valence-electron chi connectivity index (χ0n) is 11.2. The maximum atomic E-state index is 12.0. The van der Waals surface area contributed by atoms with Gasteiger partial charge >= 0.3 is 0 Å². The zero-order chi connectivity index (χ0) is 15.2. The Morgan fingerprint density at radius 2 is 2.10 bits per heavy atom. The highest BCUT2D eigenvalue weighted by atomic mass is 79.9. The average molecular weight is 387 g/mol. The van der Waals surface area contributed by atoms with Crippen LogP contribution in [0.4, 0.5) is 5.69 Å². The van der Waals surface area contributed by atoms with Crippen molar-refractivity contribution in [3.8, 4) is 5.75 Å². The molecule has 1 amide bonds. The van der Waals surface area contributed by atoms with Crippen LogP contribution in [-0.4, -0.2) is 18.8 Å². The number of anilines is 1. The molecular formula is C15H13BrClNO2S. The van der Waals surface area contributed by atoms with Gasteiger partial charge in [0.25, 0.3) is 0 Å². The largest absolute Gasteiger partial charge is 0.495 e. The highest BCUT2D eigenvalue weighted by Gasteiger charge is 2.09. The third kappa shape index (κ3) is 4.66. The Kier molecular flexibility index (Phi) is 5.96. The van der Waals surface area contributed by atoms with E-state index in [4.69, 9.17) is 16.3 Å². The minimum absolute atomic E-state index is 0.115. The number of carbonyl (C=O) groups excluding carboxylic acids is 1. The predicted molar refractivity (Wildman–Crippen MR) is 91.5 cm³/mol. The van der Waals surface area contributed by atoms with Crippen molar-refractivity contribution in [3.05, 3.63) is 52.0 Å². The molecule has 0 aliphatic rings.